The molecule has 1 aliphatic heterocycles. The molecule has 2 heterocycles. The zero-order valence-corrected chi connectivity index (χ0v) is 12.5. The number of nitrogens with one attached hydrogen (secondary N) is 1. The number of rotatable bonds is 5. The van der Waals surface area contributed by atoms with Gasteiger partial charge in [-0.1, -0.05) is 13.3 Å². The van der Waals surface area contributed by atoms with Gasteiger partial charge in [0.05, 0.1) is 31.6 Å². The highest BCUT2D eigenvalue weighted by atomic mass is 16.5. The van der Waals surface area contributed by atoms with Crippen LogP contribution in [0.3, 0.4) is 0 Å². The predicted octanol–water partition coefficient (Wildman–Crippen LogP) is 1.64. The fourth-order valence-electron chi connectivity index (χ4n) is 2.89. The highest BCUT2D eigenvalue weighted by Crippen LogP contribution is 2.33. The number of nitrogens with zero attached hydrogens (tertiary/aromatic N) is 3. The summed E-state index contributed by atoms with van der Waals surface area (Å²) < 4.78 is 4.93. The van der Waals surface area contributed by atoms with Crippen LogP contribution >= 0.6 is 0 Å². The van der Waals surface area contributed by atoms with Crippen LogP contribution in [0.1, 0.15) is 32.6 Å². The number of methoxy groups -OCH3 is 1. The van der Waals surface area contributed by atoms with Crippen LogP contribution in [0, 0.1) is 0 Å². The molecule has 7 nitrogen and oxygen atoms in total. The van der Waals surface area contributed by atoms with Gasteiger partial charge < -0.3 is 14.7 Å². The Bertz CT molecular complexity index is 480. The lowest BCUT2D eigenvalue weighted by Gasteiger charge is -2.36. The van der Waals surface area contributed by atoms with Crippen molar-refractivity contribution in [3.05, 3.63) is 12.4 Å². The van der Waals surface area contributed by atoms with Gasteiger partial charge in [0.2, 0.25) is 5.88 Å². The van der Waals surface area contributed by atoms with E-state index in [4.69, 9.17) is 4.74 Å². The number of aliphatic hydroxyl groups is 1. The highest BCUT2D eigenvalue weighted by Gasteiger charge is 2.42. The first-order valence-electron chi connectivity index (χ1n) is 7.20. The fourth-order valence-corrected chi connectivity index (χ4v) is 2.89. The van der Waals surface area contributed by atoms with Gasteiger partial charge in [-0.25, -0.2) is 14.8 Å². The maximum absolute atomic E-state index is 12.4. The number of aliphatic hydroxyl groups excluding tert-OH is 1. The minimum atomic E-state index is -0.446. The first-order chi connectivity index (χ1) is 10.1. The van der Waals surface area contributed by atoms with E-state index in [9.17, 15) is 9.90 Å². The molecule has 21 heavy (non-hydrogen) atoms. The third-order valence-electron chi connectivity index (χ3n) is 3.92. The molecular weight excluding hydrogens is 272 g/mol. The summed E-state index contributed by atoms with van der Waals surface area (Å²) in [7, 11) is 1.51. The van der Waals surface area contributed by atoms with Gasteiger partial charge in [-0.3, -0.25) is 5.32 Å². The molecule has 0 bridgehead atoms. The third-order valence-corrected chi connectivity index (χ3v) is 3.92. The third kappa shape index (κ3) is 3.24. The van der Waals surface area contributed by atoms with Crippen molar-refractivity contribution in [3.63, 3.8) is 0 Å². The second-order valence-electron chi connectivity index (χ2n) is 5.26. The van der Waals surface area contributed by atoms with Crippen molar-refractivity contribution in [2.45, 2.75) is 38.1 Å². The molecule has 2 N–H and O–H groups in total. The Morgan fingerprint density at radius 3 is 2.90 bits per heavy atom. The van der Waals surface area contributed by atoms with Crippen LogP contribution in [0.25, 0.3) is 0 Å². The van der Waals surface area contributed by atoms with Crippen molar-refractivity contribution in [3.8, 4) is 5.88 Å². The molecule has 0 spiro atoms. The molecule has 0 saturated carbocycles. The Morgan fingerprint density at radius 2 is 2.33 bits per heavy atom. The normalized spacial score (nSPS) is 21.4. The smallest absolute Gasteiger partial charge is 0.323 e. The molecule has 2 amide bonds. The van der Waals surface area contributed by atoms with Gasteiger partial charge in [-0.05, 0) is 19.3 Å². The minimum absolute atomic E-state index is 0.0114. The summed E-state index contributed by atoms with van der Waals surface area (Å²) in [5.41, 5.74) is -0.446. The van der Waals surface area contributed by atoms with Crippen LogP contribution in [0.4, 0.5) is 10.6 Å². The lowest BCUT2D eigenvalue weighted by Crippen LogP contribution is -2.51. The maximum atomic E-state index is 12.4. The topological polar surface area (TPSA) is 87.6 Å². The van der Waals surface area contributed by atoms with Crippen LogP contribution in [0.5, 0.6) is 5.88 Å². The summed E-state index contributed by atoms with van der Waals surface area (Å²) in [6.45, 7) is 2.69. The number of carbonyl (C=O) groups is 1. The first-order valence-corrected chi connectivity index (χ1v) is 7.20. The van der Waals surface area contributed by atoms with E-state index in [1.807, 2.05) is 0 Å². The Balaban J connectivity index is 2.07. The molecule has 1 saturated heterocycles. The van der Waals surface area contributed by atoms with E-state index >= 15 is 0 Å². The van der Waals surface area contributed by atoms with Gasteiger partial charge in [0.15, 0.2) is 5.82 Å². The molecule has 1 aromatic rings. The number of amides is 2. The average Bonchev–Trinajstić information content (AvgIpc) is 2.93. The molecule has 116 valence electrons. The molecule has 0 aliphatic carbocycles. The number of urea groups is 1. The molecule has 0 radical (unpaired) electrons. The van der Waals surface area contributed by atoms with Gasteiger partial charge in [0, 0.05) is 6.54 Å². The van der Waals surface area contributed by atoms with E-state index in [1.54, 1.807) is 4.90 Å². The van der Waals surface area contributed by atoms with Gasteiger partial charge in [0.25, 0.3) is 0 Å². The van der Waals surface area contributed by atoms with E-state index in [2.05, 4.69) is 22.2 Å². The van der Waals surface area contributed by atoms with Crippen molar-refractivity contribution >= 4 is 11.8 Å². The van der Waals surface area contributed by atoms with E-state index in [1.165, 1.54) is 19.5 Å². The largest absolute Gasteiger partial charge is 0.480 e. The van der Waals surface area contributed by atoms with Crippen molar-refractivity contribution in [2.24, 2.45) is 0 Å². The maximum Gasteiger partial charge on any atom is 0.323 e. The van der Waals surface area contributed by atoms with Gasteiger partial charge in [0.1, 0.15) is 0 Å². The molecule has 7 heteroatoms. The van der Waals surface area contributed by atoms with Crippen LogP contribution in [-0.4, -0.2) is 51.8 Å². The zero-order valence-electron chi connectivity index (χ0n) is 12.5. The van der Waals surface area contributed by atoms with E-state index in [0.29, 0.717) is 18.2 Å². The van der Waals surface area contributed by atoms with Gasteiger partial charge in [-0.15, -0.1) is 0 Å². The summed E-state index contributed by atoms with van der Waals surface area (Å²) in [6, 6.07) is -0.241. The quantitative estimate of drug-likeness (QED) is 0.862. The van der Waals surface area contributed by atoms with Crippen molar-refractivity contribution in [1.82, 2.24) is 14.9 Å². The summed E-state index contributed by atoms with van der Waals surface area (Å²) in [6.07, 6.45) is 6.36. The monoisotopic (exact) mass is 294 g/mol. The fraction of sp³-hybridized carbons (Fsp3) is 0.643. The Morgan fingerprint density at radius 1 is 1.52 bits per heavy atom. The molecule has 0 unspecified atom stereocenters. The molecule has 1 aromatic heterocycles. The van der Waals surface area contributed by atoms with Gasteiger partial charge in [-0.2, -0.15) is 0 Å². The Hall–Kier alpha value is -1.89. The molecule has 1 aliphatic rings. The number of likely N-dealkylation sites (tertiary alicyclic amines) is 1. The number of hydrogen-bond donors (Lipinski definition) is 2. The van der Waals surface area contributed by atoms with Crippen molar-refractivity contribution < 1.29 is 14.6 Å². The average molecular weight is 294 g/mol. The number of ether oxygens (including phenoxy) is 1. The van der Waals surface area contributed by atoms with Crippen molar-refractivity contribution in [1.29, 1.82) is 0 Å². The van der Waals surface area contributed by atoms with E-state index in [0.717, 1.165) is 25.7 Å². The standard InChI is InChI=1S/C14H22N4O3/c1-3-5-14(10-19)6-4-7-18(14)13(20)17-11-8-16-12(21-2)9-15-11/h8-9,19H,3-7,10H2,1-2H3,(H,15,17,20)/t14-/m1/s1. The van der Waals surface area contributed by atoms with Crippen molar-refractivity contribution in [2.75, 3.05) is 25.6 Å². The van der Waals surface area contributed by atoms with Gasteiger partial charge >= 0.3 is 6.03 Å². The molecule has 1 atom stereocenters. The van der Waals surface area contributed by atoms with E-state index in [-0.39, 0.29) is 12.6 Å². The van der Waals surface area contributed by atoms with Crippen LogP contribution in [-0.2, 0) is 0 Å². The minimum Gasteiger partial charge on any atom is -0.480 e. The first kappa shape index (κ1) is 15.5. The summed E-state index contributed by atoms with van der Waals surface area (Å²) in [5.74, 6) is 0.765. The molecule has 2 rings (SSSR count). The SMILES string of the molecule is CCC[C@]1(CO)CCCN1C(=O)Nc1cnc(OC)cn1. The van der Waals surface area contributed by atoms with Crippen LogP contribution in [0.15, 0.2) is 12.4 Å². The number of hydrogen-bond acceptors (Lipinski definition) is 5. The summed E-state index contributed by atoms with van der Waals surface area (Å²) in [4.78, 5) is 22.2. The zero-order chi connectivity index (χ0) is 15.3. The predicted molar refractivity (Wildman–Crippen MR) is 78.3 cm³/mol. The molecular formula is C14H22N4O3. The Kier molecular flexibility index (Phi) is 4.95. The second kappa shape index (κ2) is 6.71. The van der Waals surface area contributed by atoms with E-state index < -0.39 is 5.54 Å². The number of aromatic nitrogens is 2. The van der Waals surface area contributed by atoms with Crippen LogP contribution < -0.4 is 10.1 Å². The summed E-state index contributed by atoms with van der Waals surface area (Å²) >= 11 is 0. The Labute approximate surface area is 124 Å². The second-order valence-corrected chi connectivity index (χ2v) is 5.26. The number of anilines is 1. The highest BCUT2D eigenvalue weighted by molar-refractivity contribution is 5.89. The van der Waals surface area contributed by atoms with Crippen LogP contribution in [0.2, 0.25) is 0 Å². The summed E-state index contributed by atoms with van der Waals surface area (Å²) in [5, 5.41) is 12.5. The lowest BCUT2D eigenvalue weighted by molar-refractivity contribution is 0.0822. The number of carbonyl (C=O) groups excluding carboxylic acids is 1. The molecule has 1 fully saturated rings. The lowest BCUT2D eigenvalue weighted by atomic mass is 9.92. The molecule has 0 aromatic carbocycles.